The number of rotatable bonds is 7. The van der Waals surface area contributed by atoms with Crippen LogP contribution in [0, 0.1) is 0 Å². The minimum atomic E-state index is 0. The molecule has 1 fully saturated rings. The van der Waals surface area contributed by atoms with Crippen molar-refractivity contribution in [1.82, 2.24) is 20.0 Å². The van der Waals surface area contributed by atoms with Crippen LogP contribution in [-0.4, -0.2) is 61.0 Å². The Labute approximate surface area is 190 Å². The molecule has 160 valence electrons. The highest BCUT2D eigenvalue weighted by Crippen LogP contribution is 2.27. The molecule has 2 aromatic rings. The lowest BCUT2D eigenvalue weighted by Gasteiger charge is -2.21. The van der Waals surface area contributed by atoms with Crippen molar-refractivity contribution in [2.45, 2.75) is 25.7 Å². The quantitative estimate of drug-likeness (QED) is 0.351. The Hall–Kier alpha value is -1.97. The minimum absolute atomic E-state index is 0. The van der Waals surface area contributed by atoms with Crippen molar-refractivity contribution in [1.29, 1.82) is 0 Å². The summed E-state index contributed by atoms with van der Waals surface area (Å²) in [7, 11) is 5.34. The van der Waals surface area contributed by atoms with E-state index in [1.54, 1.807) is 14.2 Å². The molecule has 1 aliphatic rings. The van der Waals surface area contributed by atoms with E-state index in [1.807, 2.05) is 36.1 Å². The van der Waals surface area contributed by atoms with Gasteiger partial charge < -0.3 is 19.7 Å². The molecule has 2 heterocycles. The van der Waals surface area contributed by atoms with Gasteiger partial charge in [-0.2, -0.15) is 5.10 Å². The lowest BCUT2D eigenvalue weighted by atomic mass is 10.0. The topological polar surface area (TPSA) is 63.9 Å². The van der Waals surface area contributed by atoms with Gasteiger partial charge in [0, 0.05) is 45.3 Å². The van der Waals surface area contributed by atoms with Gasteiger partial charge in [0.2, 0.25) is 0 Å². The van der Waals surface area contributed by atoms with Crippen LogP contribution in [0.15, 0.2) is 35.6 Å². The number of hydrogen-bond acceptors (Lipinski definition) is 4. The Morgan fingerprint density at radius 3 is 2.79 bits per heavy atom. The van der Waals surface area contributed by atoms with Gasteiger partial charge in [0.05, 0.1) is 20.4 Å². The van der Waals surface area contributed by atoms with Crippen LogP contribution >= 0.6 is 24.0 Å². The molecule has 1 saturated heterocycles. The summed E-state index contributed by atoms with van der Waals surface area (Å²) in [6.45, 7) is 5.64. The van der Waals surface area contributed by atoms with Crippen LogP contribution in [0.25, 0.3) is 0 Å². The van der Waals surface area contributed by atoms with Crippen molar-refractivity contribution in [3.63, 3.8) is 0 Å². The van der Waals surface area contributed by atoms with Gasteiger partial charge in [-0.05, 0) is 49.1 Å². The molecule has 0 saturated carbocycles. The molecule has 0 bridgehead atoms. The van der Waals surface area contributed by atoms with E-state index in [-0.39, 0.29) is 24.0 Å². The fraction of sp³-hybridized carbons (Fsp3) is 0.524. The van der Waals surface area contributed by atoms with Crippen molar-refractivity contribution < 1.29 is 9.47 Å². The van der Waals surface area contributed by atoms with E-state index in [1.165, 1.54) is 5.56 Å². The number of likely N-dealkylation sites (tertiary alicyclic amines) is 1. The van der Waals surface area contributed by atoms with E-state index in [4.69, 9.17) is 14.5 Å². The third-order valence-corrected chi connectivity index (χ3v) is 5.15. The van der Waals surface area contributed by atoms with Crippen LogP contribution in [0.3, 0.4) is 0 Å². The third kappa shape index (κ3) is 6.01. The number of methoxy groups -OCH3 is 2. The molecule has 0 aliphatic carbocycles. The Morgan fingerprint density at radius 1 is 1.31 bits per heavy atom. The van der Waals surface area contributed by atoms with E-state index >= 15 is 0 Å². The molecule has 0 spiro atoms. The van der Waals surface area contributed by atoms with Crippen molar-refractivity contribution in [3.05, 3.63) is 41.7 Å². The van der Waals surface area contributed by atoms with Crippen LogP contribution < -0.4 is 14.8 Å². The van der Waals surface area contributed by atoms with Gasteiger partial charge in [0.1, 0.15) is 11.5 Å². The summed E-state index contributed by atoms with van der Waals surface area (Å²) in [5.74, 6) is 3.20. The molecular weight excluding hydrogens is 481 g/mol. The summed E-state index contributed by atoms with van der Waals surface area (Å²) in [5, 5.41) is 7.75. The van der Waals surface area contributed by atoms with Crippen LogP contribution in [0.5, 0.6) is 11.5 Å². The number of nitrogens with zero attached hydrogens (tertiary/aromatic N) is 4. The number of ether oxygens (including phenoxy) is 2. The van der Waals surface area contributed by atoms with Crippen molar-refractivity contribution in [2.24, 2.45) is 12.0 Å². The third-order valence-electron chi connectivity index (χ3n) is 5.15. The van der Waals surface area contributed by atoms with E-state index < -0.39 is 0 Å². The van der Waals surface area contributed by atoms with Gasteiger partial charge in [0.15, 0.2) is 5.96 Å². The van der Waals surface area contributed by atoms with Crippen LogP contribution in [0.2, 0.25) is 0 Å². The molecule has 0 radical (unpaired) electrons. The van der Waals surface area contributed by atoms with Crippen LogP contribution in [0.4, 0.5) is 0 Å². The first kappa shape index (κ1) is 23.3. The zero-order valence-electron chi connectivity index (χ0n) is 17.7. The maximum absolute atomic E-state index is 5.48. The normalized spacial score (nSPS) is 16.5. The Kier molecular flexibility index (Phi) is 9.06. The molecule has 1 aromatic carbocycles. The van der Waals surface area contributed by atoms with Gasteiger partial charge in [-0.3, -0.25) is 9.67 Å². The molecular formula is C21H32IN5O2. The Bertz CT molecular complexity index is 808. The summed E-state index contributed by atoms with van der Waals surface area (Å²) >= 11 is 0. The Balaban J connectivity index is 0.00000300. The molecule has 1 atom stereocenters. The second-order valence-electron chi connectivity index (χ2n) is 7.04. The molecule has 8 heteroatoms. The predicted molar refractivity (Wildman–Crippen MR) is 127 cm³/mol. The van der Waals surface area contributed by atoms with Crippen molar-refractivity contribution >= 4 is 29.9 Å². The minimum Gasteiger partial charge on any atom is -0.497 e. The summed E-state index contributed by atoms with van der Waals surface area (Å²) in [4.78, 5) is 7.22. The fourth-order valence-corrected chi connectivity index (χ4v) is 3.66. The molecule has 1 N–H and O–H groups in total. The van der Waals surface area contributed by atoms with Crippen LogP contribution in [0.1, 0.15) is 30.4 Å². The van der Waals surface area contributed by atoms with E-state index in [0.717, 1.165) is 55.5 Å². The highest BCUT2D eigenvalue weighted by molar-refractivity contribution is 14.0. The largest absolute Gasteiger partial charge is 0.497 e. The summed E-state index contributed by atoms with van der Waals surface area (Å²) in [6.07, 6.45) is 6.02. The average molecular weight is 513 g/mol. The first-order chi connectivity index (χ1) is 13.6. The molecule has 3 rings (SSSR count). The molecule has 0 amide bonds. The van der Waals surface area contributed by atoms with Crippen LogP contribution in [-0.2, 0) is 13.5 Å². The monoisotopic (exact) mass is 513 g/mol. The first-order valence-electron chi connectivity index (χ1n) is 9.87. The van der Waals surface area contributed by atoms with Crippen molar-refractivity contribution in [2.75, 3.05) is 40.4 Å². The van der Waals surface area contributed by atoms with Gasteiger partial charge in [-0.15, -0.1) is 24.0 Å². The molecule has 1 aliphatic heterocycles. The van der Waals surface area contributed by atoms with Gasteiger partial charge in [0.25, 0.3) is 0 Å². The maximum atomic E-state index is 5.48. The standard InChI is InChI=1S/C21H31N5O2.HI/c1-5-22-21(26-11-9-17(15-26)18-13-24-25(2)14-18)23-10-8-16-12-19(27-3)6-7-20(16)28-4;/h6-7,12-14,17H,5,8-11,15H2,1-4H3,(H,22,23);1H. The fourth-order valence-electron chi connectivity index (χ4n) is 3.66. The number of aryl methyl sites for hydroxylation is 1. The molecule has 29 heavy (non-hydrogen) atoms. The van der Waals surface area contributed by atoms with Gasteiger partial charge in [-0.1, -0.05) is 0 Å². The first-order valence-corrected chi connectivity index (χ1v) is 9.87. The number of benzene rings is 1. The molecule has 1 unspecified atom stereocenters. The summed E-state index contributed by atoms with van der Waals surface area (Å²) in [5.41, 5.74) is 2.41. The molecule has 7 nitrogen and oxygen atoms in total. The zero-order chi connectivity index (χ0) is 19.9. The smallest absolute Gasteiger partial charge is 0.193 e. The Morgan fingerprint density at radius 2 is 2.14 bits per heavy atom. The number of halogens is 1. The summed E-state index contributed by atoms with van der Waals surface area (Å²) < 4.78 is 12.7. The number of aromatic nitrogens is 2. The van der Waals surface area contributed by atoms with Gasteiger partial charge >= 0.3 is 0 Å². The molecule has 1 aromatic heterocycles. The lowest BCUT2D eigenvalue weighted by Crippen LogP contribution is -2.40. The lowest BCUT2D eigenvalue weighted by molar-refractivity contribution is 0.399. The van der Waals surface area contributed by atoms with Crippen molar-refractivity contribution in [3.8, 4) is 11.5 Å². The number of nitrogens with one attached hydrogen (secondary N) is 1. The van der Waals surface area contributed by atoms with Gasteiger partial charge in [-0.25, -0.2) is 0 Å². The summed E-state index contributed by atoms with van der Waals surface area (Å²) in [6, 6.07) is 5.89. The number of guanidine groups is 1. The maximum Gasteiger partial charge on any atom is 0.193 e. The number of aliphatic imine (C=N–C) groups is 1. The SMILES string of the molecule is CCNC(=NCCc1cc(OC)ccc1OC)N1CCC(c2cnn(C)c2)C1.I. The highest BCUT2D eigenvalue weighted by atomic mass is 127. The second-order valence-corrected chi connectivity index (χ2v) is 7.04. The highest BCUT2D eigenvalue weighted by Gasteiger charge is 2.26. The average Bonchev–Trinajstić information content (AvgIpc) is 3.36. The van der Waals surface area contributed by atoms with E-state index in [2.05, 4.69) is 28.4 Å². The zero-order valence-corrected chi connectivity index (χ0v) is 20.1. The van der Waals surface area contributed by atoms with E-state index in [9.17, 15) is 0 Å². The van der Waals surface area contributed by atoms with E-state index in [0.29, 0.717) is 12.5 Å². The second kappa shape index (κ2) is 11.3. The number of hydrogen-bond donors (Lipinski definition) is 1. The predicted octanol–water partition coefficient (Wildman–Crippen LogP) is 3.05.